The molecule has 19 heavy (non-hydrogen) atoms. The van der Waals surface area contributed by atoms with Crippen molar-refractivity contribution in [2.45, 2.75) is 53.2 Å². The molecule has 0 aliphatic carbocycles. The number of thiophene rings is 1. The minimum absolute atomic E-state index is 0.534. The van der Waals surface area contributed by atoms with Crippen molar-refractivity contribution in [1.82, 2.24) is 14.9 Å². The molecule has 0 atom stereocenters. The number of imidazole rings is 1. The van der Waals surface area contributed by atoms with Gasteiger partial charge in [-0.3, -0.25) is 0 Å². The number of hydrogen-bond acceptors (Lipinski definition) is 3. The first-order valence-electron chi connectivity index (χ1n) is 6.91. The van der Waals surface area contributed by atoms with Crippen molar-refractivity contribution in [3.8, 4) is 0 Å². The Hall–Kier alpha value is -1.13. The van der Waals surface area contributed by atoms with E-state index >= 15 is 0 Å². The zero-order valence-corrected chi connectivity index (χ0v) is 13.0. The van der Waals surface area contributed by atoms with Crippen LogP contribution in [0.25, 0.3) is 0 Å². The topological polar surface area (TPSA) is 29.9 Å². The lowest BCUT2D eigenvalue weighted by atomic mass is 10.2. The van der Waals surface area contributed by atoms with Crippen molar-refractivity contribution in [2.75, 3.05) is 0 Å². The first-order chi connectivity index (χ1) is 9.10. The predicted octanol–water partition coefficient (Wildman–Crippen LogP) is 3.36. The quantitative estimate of drug-likeness (QED) is 0.877. The highest BCUT2D eigenvalue weighted by Gasteiger charge is 2.08. The lowest BCUT2D eigenvalue weighted by Gasteiger charge is -2.06. The van der Waals surface area contributed by atoms with Gasteiger partial charge in [-0.15, -0.1) is 11.3 Å². The fraction of sp³-hybridized carbons (Fsp3) is 0.533. The fourth-order valence-corrected chi connectivity index (χ4v) is 3.12. The number of nitrogens with zero attached hydrogens (tertiary/aromatic N) is 2. The van der Waals surface area contributed by atoms with Crippen LogP contribution in [0.5, 0.6) is 0 Å². The Morgan fingerprint density at radius 3 is 2.89 bits per heavy atom. The maximum Gasteiger partial charge on any atom is 0.108 e. The van der Waals surface area contributed by atoms with Gasteiger partial charge in [0.1, 0.15) is 5.82 Å². The van der Waals surface area contributed by atoms with E-state index in [9.17, 15) is 0 Å². The van der Waals surface area contributed by atoms with Gasteiger partial charge in [-0.05, 0) is 18.6 Å². The van der Waals surface area contributed by atoms with Crippen LogP contribution >= 0.6 is 11.3 Å². The normalized spacial score (nSPS) is 11.4. The molecule has 0 aliphatic rings. The average molecular weight is 277 g/mol. The average Bonchev–Trinajstić information content (AvgIpc) is 2.95. The summed E-state index contributed by atoms with van der Waals surface area (Å²) in [5, 5.41) is 3.48. The SMILES string of the molecule is CCc1nccn1Cc1cc(CNC(C)C)sc1C. The van der Waals surface area contributed by atoms with E-state index in [2.05, 4.69) is 54.8 Å². The third-order valence-electron chi connectivity index (χ3n) is 3.21. The summed E-state index contributed by atoms with van der Waals surface area (Å²) < 4.78 is 2.24. The number of nitrogens with one attached hydrogen (secondary N) is 1. The van der Waals surface area contributed by atoms with Crippen LogP contribution < -0.4 is 5.32 Å². The molecule has 0 saturated carbocycles. The third kappa shape index (κ3) is 3.67. The maximum absolute atomic E-state index is 4.38. The Morgan fingerprint density at radius 1 is 1.42 bits per heavy atom. The highest BCUT2D eigenvalue weighted by Crippen LogP contribution is 2.23. The van der Waals surface area contributed by atoms with Gasteiger partial charge in [0, 0.05) is 47.7 Å². The summed E-state index contributed by atoms with van der Waals surface area (Å²) in [6.07, 6.45) is 4.95. The van der Waals surface area contributed by atoms with Gasteiger partial charge in [0.25, 0.3) is 0 Å². The van der Waals surface area contributed by atoms with Crippen LogP contribution in [-0.4, -0.2) is 15.6 Å². The minimum atomic E-state index is 0.534. The van der Waals surface area contributed by atoms with Crippen molar-refractivity contribution in [1.29, 1.82) is 0 Å². The van der Waals surface area contributed by atoms with E-state index in [0.717, 1.165) is 25.3 Å². The van der Waals surface area contributed by atoms with Crippen LogP contribution in [0.2, 0.25) is 0 Å². The summed E-state index contributed by atoms with van der Waals surface area (Å²) in [5.41, 5.74) is 1.42. The third-order valence-corrected chi connectivity index (χ3v) is 4.31. The van der Waals surface area contributed by atoms with Gasteiger partial charge in [0.15, 0.2) is 0 Å². The molecule has 0 unspecified atom stereocenters. The molecule has 2 heterocycles. The highest BCUT2D eigenvalue weighted by molar-refractivity contribution is 7.12. The van der Waals surface area contributed by atoms with E-state index in [1.807, 2.05) is 17.5 Å². The summed E-state index contributed by atoms with van der Waals surface area (Å²) in [7, 11) is 0. The highest BCUT2D eigenvalue weighted by atomic mass is 32.1. The largest absolute Gasteiger partial charge is 0.330 e. The second kappa shape index (κ2) is 6.35. The lowest BCUT2D eigenvalue weighted by molar-refractivity contribution is 0.593. The summed E-state index contributed by atoms with van der Waals surface area (Å²) in [6, 6.07) is 2.86. The molecule has 2 aromatic heterocycles. The molecule has 104 valence electrons. The van der Waals surface area contributed by atoms with E-state index in [1.165, 1.54) is 15.3 Å². The predicted molar refractivity (Wildman–Crippen MR) is 81.7 cm³/mol. The minimum Gasteiger partial charge on any atom is -0.330 e. The van der Waals surface area contributed by atoms with Crippen LogP contribution in [0.15, 0.2) is 18.5 Å². The van der Waals surface area contributed by atoms with E-state index < -0.39 is 0 Å². The van der Waals surface area contributed by atoms with Gasteiger partial charge in [-0.2, -0.15) is 0 Å². The van der Waals surface area contributed by atoms with Crippen LogP contribution in [-0.2, 0) is 19.5 Å². The molecule has 0 radical (unpaired) electrons. The second-order valence-electron chi connectivity index (χ2n) is 5.15. The molecule has 3 nitrogen and oxygen atoms in total. The van der Waals surface area contributed by atoms with Gasteiger partial charge in [-0.25, -0.2) is 4.98 Å². The molecule has 0 aromatic carbocycles. The fourth-order valence-electron chi connectivity index (χ4n) is 2.12. The zero-order chi connectivity index (χ0) is 13.8. The molecule has 0 fully saturated rings. The molecule has 0 aliphatic heterocycles. The number of aromatic nitrogens is 2. The smallest absolute Gasteiger partial charge is 0.108 e. The van der Waals surface area contributed by atoms with Crippen LogP contribution in [0.3, 0.4) is 0 Å². The van der Waals surface area contributed by atoms with Crippen molar-refractivity contribution in [2.24, 2.45) is 0 Å². The second-order valence-corrected chi connectivity index (χ2v) is 6.50. The van der Waals surface area contributed by atoms with Gasteiger partial charge in [-0.1, -0.05) is 20.8 Å². The van der Waals surface area contributed by atoms with Crippen LogP contribution in [0.1, 0.15) is 41.9 Å². The monoisotopic (exact) mass is 277 g/mol. The molecule has 2 rings (SSSR count). The standard InChI is InChI=1S/C15H23N3S/c1-5-15-16-6-7-18(15)10-13-8-14(19-12(13)4)9-17-11(2)3/h6-8,11,17H,5,9-10H2,1-4H3. The van der Waals surface area contributed by atoms with Crippen LogP contribution in [0.4, 0.5) is 0 Å². The lowest BCUT2D eigenvalue weighted by Crippen LogP contribution is -2.21. The summed E-state index contributed by atoms with van der Waals surface area (Å²) >= 11 is 1.90. The van der Waals surface area contributed by atoms with Gasteiger partial charge < -0.3 is 9.88 Å². The molecular formula is C15H23N3S. The Kier molecular flexibility index (Phi) is 4.77. The number of hydrogen-bond donors (Lipinski definition) is 1. The van der Waals surface area contributed by atoms with Gasteiger partial charge in [0.05, 0.1) is 0 Å². The van der Waals surface area contributed by atoms with Crippen LogP contribution in [0, 0.1) is 6.92 Å². The summed E-state index contributed by atoms with van der Waals surface area (Å²) in [4.78, 5) is 7.21. The molecule has 2 aromatic rings. The number of aryl methyl sites for hydroxylation is 2. The maximum atomic E-state index is 4.38. The van der Waals surface area contributed by atoms with E-state index in [1.54, 1.807) is 0 Å². The van der Waals surface area contributed by atoms with E-state index in [0.29, 0.717) is 6.04 Å². The Morgan fingerprint density at radius 2 is 2.21 bits per heavy atom. The summed E-state index contributed by atoms with van der Waals surface area (Å²) in [6.45, 7) is 10.6. The Bertz CT molecular complexity index is 525. The molecule has 4 heteroatoms. The van der Waals surface area contributed by atoms with Gasteiger partial charge in [0.2, 0.25) is 0 Å². The van der Waals surface area contributed by atoms with Crippen molar-refractivity contribution in [3.63, 3.8) is 0 Å². The number of rotatable bonds is 6. The molecule has 0 spiro atoms. The molecule has 0 bridgehead atoms. The molecule has 0 amide bonds. The molecule has 1 N–H and O–H groups in total. The molecular weight excluding hydrogens is 254 g/mol. The molecule has 0 saturated heterocycles. The first-order valence-corrected chi connectivity index (χ1v) is 7.73. The van der Waals surface area contributed by atoms with Crippen molar-refractivity contribution in [3.05, 3.63) is 39.6 Å². The van der Waals surface area contributed by atoms with Gasteiger partial charge >= 0.3 is 0 Å². The Labute approximate surface area is 119 Å². The zero-order valence-electron chi connectivity index (χ0n) is 12.2. The van der Waals surface area contributed by atoms with E-state index in [-0.39, 0.29) is 0 Å². The van der Waals surface area contributed by atoms with E-state index in [4.69, 9.17) is 0 Å². The van der Waals surface area contributed by atoms with Crippen molar-refractivity contribution >= 4 is 11.3 Å². The summed E-state index contributed by atoms with van der Waals surface area (Å²) in [5.74, 6) is 1.16. The first kappa shape index (κ1) is 14.3. The Balaban J connectivity index is 2.08. The van der Waals surface area contributed by atoms with Crippen molar-refractivity contribution < 1.29 is 0 Å².